The fraction of sp³-hybridized carbons (Fsp3) is 0.455. The van der Waals surface area contributed by atoms with Gasteiger partial charge in [0.15, 0.2) is 0 Å². The van der Waals surface area contributed by atoms with Gasteiger partial charge in [-0.05, 0) is 25.4 Å². The normalized spacial score (nSPS) is 26.2. The molecule has 0 aliphatic carbocycles. The molecule has 1 aromatic carbocycles. The van der Waals surface area contributed by atoms with E-state index in [1.165, 1.54) is 0 Å². The van der Waals surface area contributed by atoms with Crippen molar-refractivity contribution in [2.45, 2.75) is 11.5 Å². The molecule has 2 rings (SSSR count). The maximum Gasteiger partial charge on any atom is 0.108 e. The Balaban J connectivity index is 2.32. The van der Waals surface area contributed by atoms with Crippen LogP contribution in [0.5, 0.6) is 0 Å². The Hall–Kier alpha value is 0.0700. The number of thioether (sulfide) groups is 1. The predicted molar refractivity (Wildman–Crippen MR) is 72.3 cm³/mol. The molecular formula is C11H14Cl2N2S. The number of benzene rings is 1. The average Bonchev–Trinajstić information content (AvgIpc) is 2.60. The number of rotatable bonds is 2. The Labute approximate surface area is 110 Å². The Bertz CT molecular complexity index is 366. The van der Waals surface area contributed by atoms with Crippen LogP contribution in [0, 0.1) is 0 Å². The largest absolute Gasteiger partial charge is 0.291 e. The minimum Gasteiger partial charge on any atom is -0.291 e. The molecule has 1 saturated heterocycles. The lowest BCUT2D eigenvalue weighted by atomic mass is 10.1. The van der Waals surface area contributed by atoms with Crippen LogP contribution < -0.4 is 5.32 Å². The predicted octanol–water partition coefficient (Wildman–Crippen LogP) is 3.22. The zero-order chi connectivity index (χ0) is 11.7. The molecule has 0 aromatic heterocycles. The minimum absolute atomic E-state index is 0.249. The van der Waals surface area contributed by atoms with Crippen molar-refractivity contribution in [2.24, 2.45) is 0 Å². The molecule has 2 unspecified atom stereocenters. The number of likely N-dealkylation sites (N-methyl/N-ethyl adjacent to an activating group) is 1. The molecule has 16 heavy (non-hydrogen) atoms. The van der Waals surface area contributed by atoms with Gasteiger partial charge in [-0.2, -0.15) is 0 Å². The smallest absolute Gasteiger partial charge is 0.108 e. The highest BCUT2D eigenvalue weighted by Gasteiger charge is 2.32. The number of nitrogens with zero attached hydrogens (tertiary/aromatic N) is 1. The lowest BCUT2D eigenvalue weighted by Crippen LogP contribution is -2.29. The Morgan fingerprint density at radius 3 is 2.50 bits per heavy atom. The highest BCUT2D eigenvalue weighted by molar-refractivity contribution is 7.99. The molecule has 5 heteroatoms. The maximum absolute atomic E-state index is 6.22. The maximum atomic E-state index is 6.22. The monoisotopic (exact) mass is 276 g/mol. The summed E-state index contributed by atoms with van der Waals surface area (Å²) in [6, 6.07) is 5.91. The van der Waals surface area contributed by atoms with Gasteiger partial charge < -0.3 is 0 Å². The summed E-state index contributed by atoms with van der Waals surface area (Å²) >= 11 is 14.2. The highest BCUT2D eigenvalue weighted by atomic mass is 35.5. The van der Waals surface area contributed by atoms with Crippen molar-refractivity contribution in [3.63, 3.8) is 0 Å². The van der Waals surface area contributed by atoms with Gasteiger partial charge in [-0.25, -0.2) is 0 Å². The molecule has 1 N–H and O–H groups in total. The Morgan fingerprint density at radius 1 is 1.38 bits per heavy atom. The molecule has 0 bridgehead atoms. The highest BCUT2D eigenvalue weighted by Crippen LogP contribution is 2.36. The SMILES string of the molecule is CSC1NCC(c2c(Cl)cccc2Cl)N1C. The van der Waals surface area contributed by atoms with Crippen LogP contribution in [0.2, 0.25) is 10.0 Å². The van der Waals surface area contributed by atoms with Crippen LogP contribution in [0.15, 0.2) is 18.2 Å². The zero-order valence-electron chi connectivity index (χ0n) is 9.21. The second-order valence-electron chi connectivity index (χ2n) is 3.81. The van der Waals surface area contributed by atoms with Crippen molar-refractivity contribution in [2.75, 3.05) is 19.8 Å². The van der Waals surface area contributed by atoms with E-state index in [1.807, 2.05) is 18.2 Å². The van der Waals surface area contributed by atoms with E-state index in [0.29, 0.717) is 5.50 Å². The van der Waals surface area contributed by atoms with Gasteiger partial charge in [0.2, 0.25) is 0 Å². The third-order valence-electron chi connectivity index (χ3n) is 2.90. The molecule has 2 nitrogen and oxygen atoms in total. The number of halogens is 2. The van der Waals surface area contributed by atoms with E-state index in [9.17, 15) is 0 Å². The number of hydrogen-bond acceptors (Lipinski definition) is 3. The van der Waals surface area contributed by atoms with E-state index in [-0.39, 0.29) is 6.04 Å². The topological polar surface area (TPSA) is 15.3 Å². The van der Waals surface area contributed by atoms with E-state index in [2.05, 4.69) is 23.5 Å². The van der Waals surface area contributed by atoms with Crippen LogP contribution >= 0.6 is 35.0 Å². The first kappa shape index (κ1) is 12.5. The van der Waals surface area contributed by atoms with Crippen LogP contribution in [-0.4, -0.2) is 30.2 Å². The molecule has 1 heterocycles. The van der Waals surface area contributed by atoms with Crippen LogP contribution in [-0.2, 0) is 0 Å². The zero-order valence-corrected chi connectivity index (χ0v) is 11.5. The first-order chi connectivity index (χ1) is 7.65. The molecule has 1 aliphatic heterocycles. The molecule has 1 aliphatic rings. The quantitative estimate of drug-likeness (QED) is 0.893. The van der Waals surface area contributed by atoms with Crippen molar-refractivity contribution in [1.82, 2.24) is 10.2 Å². The molecule has 1 fully saturated rings. The van der Waals surface area contributed by atoms with E-state index in [1.54, 1.807) is 11.8 Å². The molecule has 1 aromatic rings. The lowest BCUT2D eigenvalue weighted by molar-refractivity contribution is 0.301. The first-order valence-electron chi connectivity index (χ1n) is 5.07. The average molecular weight is 277 g/mol. The summed E-state index contributed by atoms with van der Waals surface area (Å²) in [5, 5.41) is 4.92. The molecule has 0 saturated carbocycles. The summed E-state index contributed by atoms with van der Waals surface area (Å²) in [6.45, 7) is 0.880. The van der Waals surface area contributed by atoms with Crippen LogP contribution in [0.25, 0.3) is 0 Å². The van der Waals surface area contributed by atoms with E-state index >= 15 is 0 Å². The van der Waals surface area contributed by atoms with Crippen molar-refractivity contribution in [3.8, 4) is 0 Å². The van der Waals surface area contributed by atoms with E-state index in [4.69, 9.17) is 23.2 Å². The van der Waals surface area contributed by atoms with Crippen LogP contribution in [0.1, 0.15) is 11.6 Å². The molecule has 0 radical (unpaired) electrons. The van der Waals surface area contributed by atoms with Gasteiger partial charge in [-0.15, -0.1) is 11.8 Å². The molecule has 88 valence electrons. The van der Waals surface area contributed by atoms with Crippen LogP contribution in [0.4, 0.5) is 0 Å². The van der Waals surface area contributed by atoms with Gasteiger partial charge in [-0.3, -0.25) is 10.2 Å². The van der Waals surface area contributed by atoms with Crippen molar-refractivity contribution >= 4 is 35.0 Å². The second-order valence-corrected chi connectivity index (χ2v) is 5.55. The van der Waals surface area contributed by atoms with Gasteiger partial charge in [0.1, 0.15) is 5.50 Å². The molecular weight excluding hydrogens is 263 g/mol. The van der Waals surface area contributed by atoms with Gasteiger partial charge in [-0.1, -0.05) is 29.3 Å². The van der Waals surface area contributed by atoms with Crippen molar-refractivity contribution in [3.05, 3.63) is 33.8 Å². The third-order valence-corrected chi connectivity index (χ3v) is 4.51. The molecule has 2 atom stereocenters. The van der Waals surface area contributed by atoms with E-state index < -0.39 is 0 Å². The summed E-state index contributed by atoms with van der Waals surface area (Å²) in [6.07, 6.45) is 2.09. The standard InChI is InChI=1S/C11H14Cl2N2S/c1-15-9(6-14-11(15)16-2)10-7(12)4-3-5-8(10)13/h3-5,9,11,14H,6H2,1-2H3. The van der Waals surface area contributed by atoms with Gasteiger partial charge in [0.05, 0.1) is 6.04 Å². The summed E-state index contributed by atoms with van der Waals surface area (Å²) in [5.41, 5.74) is 1.36. The first-order valence-corrected chi connectivity index (χ1v) is 7.11. The summed E-state index contributed by atoms with van der Waals surface area (Å²) in [5.74, 6) is 0. The fourth-order valence-electron chi connectivity index (χ4n) is 2.05. The summed E-state index contributed by atoms with van der Waals surface area (Å²) < 4.78 is 0. The summed E-state index contributed by atoms with van der Waals surface area (Å²) in [7, 11) is 2.09. The van der Waals surface area contributed by atoms with Crippen molar-refractivity contribution in [1.29, 1.82) is 0 Å². The van der Waals surface area contributed by atoms with Crippen molar-refractivity contribution < 1.29 is 0 Å². The Kier molecular flexibility index (Phi) is 4.03. The Morgan fingerprint density at radius 2 is 2.00 bits per heavy atom. The van der Waals surface area contributed by atoms with Gasteiger partial charge in [0.25, 0.3) is 0 Å². The van der Waals surface area contributed by atoms with Gasteiger partial charge in [0, 0.05) is 22.2 Å². The second kappa shape index (κ2) is 5.15. The molecule has 0 amide bonds. The third kappa shape index (κ3) is 2.20. The summed E-state index contributed by atoms with van der Waals surface area (Å²) in [4.78, 5) is 2.26. The fourth-order valence-corrected chi connectivity index (χ4v) is 3.44. The van der Waals surface area contributed by atoms with Crippen LogP contribution in [0.3, 0.4) is 0 Å². The lowest BCUT2D eigenvalue weighted by Gasteiger charge is -2.24. The van der Waals surface area contributed by atoms with E-state index in [0.717, 1.165) is 22.2 Å². The number of nitrogens with one attached hydrogen (secondary N) is 1. The minimum atomic E-state index is 0.249. The van der Waals surface area contributed by atoms with Gasteiger partial charge >= 0.3 is 0 Å². The molecule has 0 spiro atoms. The number of hydrogen-bond donors (Lipinski definition) is 1.